The first-order valence-corrected chi connectivity index (χ1v) is 6.22. The molecule has 0 aliphatic rings. The van der Waals surface area contributed by atoms with Gasteiger partial charge in [-0.15, -0.1) is 0 Å². The first-order valence-electron chi connectivity index (χ1n) is 6.22. The van der Waals surface area contributed by atoms with Crippen molar-refractivity contribution < 1.29 is 4.42 Å². The summed E-state index contributed by atoms with van der Waals surface area (Å²) in [4.78, 5) is 4.42. The lowest BCUT2D eigenvalue weighted by molar-refractivity contribution is 0.198. The molecule has 1 atom stereocenters. The molecule has 4 nitrogen and oxygen atoms in total. The lowest BCUT2D eigenvalue weighted by atomic mass is 10.2. The van der Waals surface area contributed by atoms with E-state index in [2.05, 4.69) is 37.9 Å². The molecule has 0 aliphatic carbocycles. The molecule has 0 saturated heterocycles. The first-order chi connectivity index (χ1) is 8.08. The van der Waals surface area contributed by atoms with Crippen LogP contribution in [0.4, 0.5) is 0 Å². The van der Waals surface area contributed by atoms with Gasteiger partial charge in [-0.25, -0.2) is 0 Å². The van der Waals surface area contributed by atoms with Crippen LogP contribution in [0, 0.1) is 0 Å². The van der Waals surface area contributed by atoms with Crippen molar-refractivity contribution in [1.82, 2.24) is 9.80 Å². The Morgan fingerprint density at radius 2 is 1.94 bits per heavy atom. The van der Waals surface area contributed by atoms with Gasteiger partial charge in [0.05, 0.1) is 6.04 Å². The summed E-state index contributed by atoms with van der Waals surface area (Å²) < 4.78 is 5.78. The summed E-state index contributed by atoms with van der Waals surface area (Å²) in [5.41, 5.74) is 5.85. The quantitative estimate of drug-likeness (QED) is 0.780. The van der Waals surface area contributed by atoms with Gasteiger partial charge in [0, 0.05) is 26.1 Å². The molecule has 1 aromatic rings. The standard InChI is InChI=1S/C13H25N3O/c1-5-11-6-7-13(17-11)12(10-14)16(4)9-8-15(2)3/h6-7,12H,5,8-10,14H2,1-4H3. The molecule has 0 aliphatic heterocycles. The molecule has 2 N–H and O–H groups in total. The molecule has 0 bridgehead atoms. The molecule has 0 aromatic carbocycles. The number of hydrogen-bond acceptors (Lipinski definition) is 4. The summed E-state index contributed by atoms with van der Waals surface area (Å²) in [6, 6.07) is 4.26. The Balaban J connectivity index is 2.63. The van der Waals surface area contributed by atoms with Crippen molar-refractivity contribution in [3.05, 3.63) is 23.7 Å². The first kappa shape index (κ1) is 14.2. The van der Waals surface area contributed by atoms with Gasteiger partial charge in [-0.1, -0.05) is 6.92 Å². The van der Waals surface area contributed by atoms with E-state index in [-0.39, 0.29) is 6.04 Å². The van der Waals surface area contributed by atoms with Crippen LogP contribution in [0.2, 0.25) is 0 Å². The van der Waals surface area contributed by atoms with Gasteiger partial charge in [0.25, 0.3) is 0 Å². The maximum atomic E-state index is 5.85. The summed E-state index contributed by atoms with van der Waals surface area (Å²) in [5.74, 6) is 2.00. The lowest BCUT2D eigenvalue weighted by Gasteiger charge is -2.26. The number of nitrogens with zero attached hydrogens (tertiary/aromatic N) is 2. The smallest absolute Gasteiger partial charge is 0.122 e. The second-order valence-electron chi connectivity index (χ2n) is 4.69. The largest absolute Gasteiger partial charge is 0.464 e. The molecule has 0 spiro atoms. The van der Waals surface area contributed by atoms with E-state index in [1.54, 1.807) is 0 Å². The fourth-order valence-corrected chi connectivity index (χ4v) is 1.79. The third kappa shape index (κ3) is 4.15. The minimum absolute atomic E-state index is 0.176. The lowest BCUT2D eigenvalue weighted by Crippen LogP contribution is -2.35. The van der Waals surface area contributed by atoms with Gasteiger partial charge in [0.1, 0.15) is 11.5 Å². The molecule has 17 heavy (non-hydrogen) atoms. The van der Waals surface area contributed by atoms with Gasteiger partial charge >= 0.3 is 0 Å². The van der Waals surface area contributed by atoms with Gasteiger partial charge in [-0.05, 0) is 33.3 Å². The second kappa shape index (κ2) is 6.79. The normalized spacial score (nSPS) is 13.6. The average molecular weight is 239 g/mol. The summed E-state index contributed by atoms with van der Waals surface area (Å²) in [7, 11) is 6.25. The SMILES string of the molecule is CCc1ccc(C(CN)N(C)CCN(C)C)o1. The third-order valence-electron chi connectivity index (χ3n) is 3.01. The Morgan fingerprint density at radius 1 is 1.24 bits per heavy atom. The Labute approximate surface area is 104 Å². The van der Waals surface area contributed by atoms with Crippen molar-refractivity contribution in [2.24, 2.45) is 5.73 Å². The zero-order valence-electron chi connectivity index (χ0n) is 11.4. The van der Waals surface area contributed by atoms with E-state index in [1.807, 2.05) is 12.1 Å². The monoisotopic (exact) mass is 239 g/mol. The molecule has 1 heterocycles. The zero-order chi connectivity index (χ0) is 12.8. The fourth-order valence-electron chi connectivity index (χ4n) is 1.79. The van der Waals surface area contributed by atoms with Gasteiger partial charge in [-0.2, -0.15) is 0 Å². The van der Waals surface area contributed by atoms with Gasteiger partial charge in [0.15, 0.2) is 0 Å². The van der Waals surface area contributed by atoms with Gasteiger partial charge in [0.2, 0.25) is 0 Å². The minimum Gasteiger partial charge on any atom is -0.464 e. The number of aryl methyl sites for hydroxylation is 1. The van der Waals surface area contributed by atoms with Crippen molar-refractivity contribution in [2.75, 3.05) is 40.8 Å². The Bertz CT molecular complexity index is 322. The molecular formula is C13H25N3O. The summed E-state index contributed by atoms with van der Waals surface area (Å²) >= 11 is 0. The molecule has 0 saturated carbocycles. The highest BCUT2D eigenvalue weighted by Gasteiger charge is 2.18. The third-order valence-corrected chi connectivity index (χ3v) is 3.01. The molecule has 1 rings (SSSR count). The highest BCUT2D eigenvalue weighted by atomic mass is 16.3. The molecule has 0 fully saturated rings. The highest BCUT2D eigenvalue weighted by molar-refractivity contribution is 5.11. The Kier molecular flexibility index (Phi) is 5.68. The molecule has 0 radical (unpaired) electrons. The number of furan rings is 1. The molecule has 0 amide bonds. The maximum absolute atomic E-state index is 5.85. The molecule has 1 unspecified atom stereocenters. The topological polar surface area (TPSA) is 45.6 Å². The Hall–Kier alpha value is -0.840. The number of hydrogen-bond donors (Lipinski definition) is 1. The molecule has 98 valence electrons. The van der Waals surface area contributed by atoms with Gasteiger partial charge < -0.3 is 15.1 Å². The van der Waals surface area contributed by atoms with E-state index in [9.17, 15) is 0 Å². The summed E-state index contributed by atoms with van der Waals surface area (Å²) in [6.07, 6.45) is 0.929. The zero-order valence-corrected chi connectivity index (χ0v) is 11.4. The van der Waals surface area contributed by atoms with Crippen LogP contribution in [-0.2, 0) is 6.42 Å². The second-order valence-corrected chi connectivity index (χ2v) is 4.69. The number of nitrogens with two attached hydrogens (primary N) is 1. The van der Waals surface area contributed by atoms with Crippen molar-refractivity contribution >= 4 is 0 Å². The van der Waals surface area contributed by atoms with Crippen molar-refractivity contribution in [2.45, 2.75) is 19.4 Å². The molecule has 4 heteroatoms. The van der Waals surface area contributed by atoms with E-state index >= 15 is 0 Å². The van der Waals surface area contributed by atoms with Crippen LogP contribution in [0.15, 0.2) is 16.5 Å². The van der Waals surface area contributed by atoms with Crippen LogP contribution in [0.25, 0.3) is 0 Å². The van der Waals surface area contributed by atoms with Crippen LogP contribution in [-0.4, -0.2) is 50.6 Å². The number of likely N-dealkylation sites (N-methyl/N-ethyl adjacent to an activating group) is 2. The Morgan fingerprint density at radius 3 is 2.41 bits per heavy atom. The van der Waals surface area contributed by atoms with Crippen LogP contribution in [0.5, 0.6) is 0 Å². The summed E-state index contributed by atoms with van der Waals surface area (Å²) in [6.45, 7) is 4.68. The van der Waals surface area contributed by atoms with Crippen molar-refractivity contribution in [3.63, 3.8) is 0 Å². The van der Waals surface area contributed by atoms with Crippen LogP contribution in [0.1, 0.15) is 24.5 Å². The van der Waals surface area contributed by atoms with E-state index in [4.69, 9.17) is 10.2 Å². The predicted octanol–water partition coefficient (Wildman–Crippen LogP) is 1.34. The molecular weight excluding hydrogens is 214 g/mol. The van der Waals surface area contributed by atoms with Gasteiger partial charge in [-0.3, -0.25) is 4.90 Å². The fraction of sp³-hybridized carbons (Fsp3) is 0.692. The minimum atomic E-state index is 0.176. The van der Waals surface area contributed by atoms with E-state index in [0.717, 1.165) is 31.0 Å². The van der Waals surface area contributed by atoms with Crippen LogP contribution in [0.3, 0.4) is 0 Å². The predicted molar refractivity (Wildman–Crippen MR) is 71.1 cm³/mol. The van der Waals surface area contributed by atoms with E-state index in [0.29, 0.717) is 6.54 Å². The van der Waals surface area contributed by atoms with E-state index < -0.39 is 0 Å². The van der Waals surface area contributed by atoms with Crippen LogP contribution < -0.4 is 5.73 Å². The van der Waals surface area contributed by atoms with Crippen molar-refractivity contribution in [1.29, 1.82) is 0 Å². The molecule has 1 aromatic heterocycles. The number of rotatable bonds is 7. The maximum Gasteiger partial charge on any atom is 0.122 e. The summed E-state index contributed by atoms with van der Waals surface area (Å²) in [5, 5.41) is 0. The van der Waals surface area contributed by atoms with E-state index in [1.165, 1.54) is 0 Å². The average Bonchev–Trinajstić information content (AvgIpc) is 2.76. The van der Waals surface area contributed by atoms with Crippen LogP contribution >= 0.6 is 0 Å². The van der Waals surface area contributed by atoms with Crippen molar-refractivity contribution in [3.8, 4) is 0 Å². The highest BCUT2D eigenvalue weighted by Crippen LogP contribution is 2.21.